The number of nitrogens with one attached hydrogen (secondary N) is 2. The van der Waals surface area contributed by atoms with Gasteiger partial charge in [0.05, 0.1) is 19.3 Å². The van der Waals surface area contributed by atoms with Gasteiger partial charge in [0, 0.05) is 31.1 Å². The second-order valence-electron chi connectivity index (χ2n) is 15.3. The van der Waals surface area contributed by atoms with Crippen molar-refractivity contribution in [1.29, 1.82) is 0 Å². The number of hydrogen-bond donors (Lipinski definition) is 4. The molecule has 1 unspecified atom stereocenters. The van der Waals surface area contributed by atoms with Gasteiger partial charge in [0.25, 0.3) is 0 Å². The SMILES string of the molecule is CC(C)C[C@@H](CN1CCCC1)NCc1cccc(CN2O[C@@H](CO)[C@@H]([C@H](C)O)C2C(=O)N[C@H]2C[C@H]3C[C@@H]([C@@H]2C)C3(C)C)c1. The molecule has 2 bridgehead atoms. The molecule has 8 heteroatoms. The van der Waals surface area contributed by atoms with Crippen LogP contribution in [-0.4, -0.2) is 82.7 Å². The van der Waals surface area contributed by atoms with Gasteiger partial charge in [-0.3, -0.25) is 9.63 Å². The van der Waals surface area contributed by atoms with Crippen LogP contribution in [0.5, 0.6) is 0 Å². The Morgan fingerprint density at radius 1 is 1.14 bits per heavy atom. The molecule has 43 heavy (non-hydrogen) atoms. The van der Waals surface area contributed by atoms with Crippen molar-refractivity contribution in [3.63, 3.8) is 0 Å². The fourth-order valence-electron chi connectivity index (χ4n) is 8.83. The number of aliphatic hydroxyl groups is 2. The van der Waals surface area contributed by atoms with Gasteiger partial charge >= 0.3 is 0 Å². The molecule has 0 spiro atoms. The standard InChI is InChI=1S/C35H58N4O4/c1-22(2)14-28(20-38-12-7-8-13-38)36-18-25-10-9-11-26(15-25)19-39-33(32(24(4)41)31(21-40)43-39)34(42)37-30-17-27-16-29(23(30)3)35(27,5)6/h9-11,15,22-24,27-33,36,40-41H,7-8,12-14,16-21H2,1-6H3,(H,37,42)/t23-,24-,27+,28-,29-,30-,31-,32+,33?/m0/s1. The molecule has 4 N–H and O–H groups in total. The van der Waals surface area contributed by atoms with E-state index in [1.54, 1.807) is 12.0 Å². The van der Waals surface area contributed by atoms with Crippen LogP contribution in [0.25, 0.3) is 0 Å². The van der Waals surface area contributed by atoms with Crippen LogP contribution in [0.3, 0.4) is 0 Å². The Kier molecular flexibility index (Phi) is 10.6. The van der Waals surface area contributed by atoms with E-state index in [2.05, 4.69) is 74.4 Å². The van der Waals surface area contributed by atoms with Crippen molar-refractivity contribution in [3.8, 4) is 0 Å². The Morgan fingerprint density at radius 3 is 2.49 bits per heavy atom. The summed E-state index contributed by atoms with van der Waals surface area (Å²) >= 11 is 0. The maximum absolute atomic E-state index is 14.0. The van der Waals surface area contributed by atoms with Gasteiger partial charge in [-0.15, -0.1) is 0 Å². The lowest BCUT2D eigenvalue weighted by atomic mass is 9.45. The number of carbonyl (C=O) groups is 1. The Balaban J connectivity index is 1.26. The quantitative estimate of drug-likeness (QED) is 0.273. The molecule has 2 saturated heterocycles. The summed E-state index contributed by atoms with van der Waals surface area (Å²) in [5, 5.41) is 29.8. The van der Waals surface area contributed by atoms with E-state index in [9.17, 15) is 15.0 Å². The first-order valence-corrected chi connectivity index (χ1v) is 17.0. The zero-order valence-electron chi connectivity index (χ0n) is 27.5. The summed E-state index contributed by atoms with van der Waals surface area (Å²) in [5.74, 6) is 1.69. The number of carbonyl (C=O) groups excluding carboxylic acids is 1. The predicted molar refractivity (Wildman–Crippen MR) is 170 cm³/mol. The highest BCUT2D eigenvalue weighted by molar-refractivity contribution is 5.82. The van der Waals surface area contributed by atoms with Gasteiger partial charge in [-0.05, 0) is 92.3 Å². The Bertz CT molecular complexity index is 1070. The Labute approximate surface area is 259 Å². The topological polar surface area (TPSA) is 97.3 Å². The van der Waals surface area contributed by atoms with Gasteiger partial charge in [-0.1, -0.05) is 58.9 Å². The van der Waals surface area contributed by atoms with Crippen LogP contribution >= 0.6 is 0 Å². The van der Waals surface area contributed by atoms with E-state index in [1.165, 1.54) is 37.9 Å². The minimum atomic E-state index is -0.793. The second kappa shape index (κ2) is 13.8. The number of hydroxylamine groups is 2. The molecule has 8 nitrogen and oxygen atoms in total. The number of fused-ring (bicyclic) bond motifs is 2. The molecule has 9 atom stereocenters. The van der Waals surface area contributed by atoms with Crippen LogP contribution in [0, 0.1) is 35.0 Å². The van der Waals surface area contributed by atoms with Crippen molar-refractivity contribution < 1.29 is 19.8 Å². The summed E-state index contributed by atoms with van der Waals surface area (Å²) in [6, 6.07) is 8.39. The average Bonchev–Trinajstić information content (AvgIpc) is 3.60. The summed E-state index contributed by atoms with van der Waals surface area (Å²) in [7, 11) is 0. The third-order valence-electron chi connectivity index (χ3n) is 11.4. The van der Waals surface area contributed by atoms with Crippen molar-refractivity contribution in [2.24, 2.45) is 35.0 Å². The van der Waals surface area contributed by atoms with Crippen molar-refractivity contribution in [2.45, 2.75) is 117 Å². The molecule has 6 rings (SSSR count). The molecule has 2 heterocycles. The summed E-state index contributed by atoms with van der Waals surface area (Å²) < 4.78 is 0. The van der Waals surface area contributed by atoms with Gasteiger partial charge in [0.1, 0.15) is 12.1 Å². The zero-order valence-corrected chi connectivity index (χ0v) is 27.5. The Hall–Kier alpha value is -1.55. The first-order valence-electron chi connectivity index (χ1n) is 17.0. The molecule has 3 aliphatic carbocycles. The molecule has 5 fully saturated rings. The van der Waals surface area contributed by atoms with Gasteiger partial charge in [-0.2, -0.15) is 5.06 Å². The number of amides is 1. The zero-order chi connectivity index (χ0) is 30.9. The third-order valence-corrected chi connectivity index (χ3v) is 11.4. The van der Waals surface area contributed by atoms with Crippen LogP contribution < -0.4 is 10.6 Å². The van der Waals surface area contributed by atoms with Gasteiger partial charge in [0.15, 0.2) is 0 Å². The highest BCUT2D eigenvalue weighted by Crippen LogP contribution is 2.61. The lowest BCUT2D eigenvalue weighted by Crippen LogP contribution is -2.62. The van der Waals surface area contributed by atoms with E-state index in [1.807, 2.05) is 0 Å². The number of aliphatic hydroxyl groups excluding tert-OH is 2. The summed E-state index contributed by atoms with van der Waals surface area (Å²) in [6.45, 7) is 17.7. The molecule has 0 aromatic heterocycles. The normalized spacial score (nSPS) is 33.8. The molecule has 2 aliphatic heterocycles. The monoisotopic (exact) mass is 598 g/mol. The maximum Gasteiger partial charge on any atom is 0.240 e. The number of nitrogens with zero attached hydrogens (tertiary/aromatic N) is 2. The van der Waals surface area contributed by atoms with Crippen molar-refractivity contribution >= 4 is 5.91 Å². The number of rotatable bonds is 13. The lowest BCUT2D eigenvalue weighted by Gasteiger charge is -2.62. The van der Waals surface area contributed by atoms with E-state index >= 15 is 0 Å². The maximum atomic E-state index is 14.0. The van der Waals surface area contributed by atoms with E-state index in [0.717, 1.165) is 31.5 Å². The molecule has 5 aliphatic rings. The molecule has 1 amide bonds. The van der Waals surface area contributed by atoms with E-state index in [-0.39, 0.29) is 18.6 Å². The van der Waals surface area contributed by atoms with Crippen molar-refractivity contribution in [2.75, 3.05) is 26.2 Å². The average molecular weight is 599 g/mol. The minimum Gasteiger partial charge on any atom is -0.394 e. The Morgan fingerprint density at radius 2 is 1.86 bits per heavy atom. The van der Waals surface area contributed by atoms with Crippen LogP contribution in [0.15, 0.2) is 24.3 Å². The highest BCUT2D eigenvalue weighted by atomic mass is 16.7. The van der Waals surface area contributed by atoms with Crippen LogP contribution in [0.2, 0.25) is 0 Å². The fourth-order valence-corrected chi connectivity index (χ4v) is 8.83. The fraction of sp³-hybridized carbons (Fsp3) is 0.800. The third kappa shape index (κ3) is 7.31. The first kappa shape index (κ1) is 32.8. The summed E-state index contributed by atoms with van der Waals surface area (Å²) in [6.07, 6.45) is 4.59. The van der Waals surface area contributed by atoms with E-state index < -0.39 is 24.2 Å². The molecular weight excluding hydrogens is 540 g/mol. The van der Waals surface area contributed by atoms with Crippen LogP contribution in [0.4, 0.5) is 0 Å². The largest absolute Gasteiger partial charge is 0.394 e. The van der Waals surface area contributed by atoms with Crippen molar-refractivity contribution in [1.82, 2.24) is 20.6 Å². The molecule has 1 aromatic rings. The number of hydrogen-bond acceptors (Lipinski definition) is 7. The van der Waals surface area contributed by atoms with Crippen LogP contribution in [-0.2, 0) is 22.7 Å². The van der Waals surface area contributed by atoms with Crippen LogP contribution in [0.1, 0.15) is 84.8 Å². The van der Waals surface area contributed by atoms with E-state index in [4.69, 9.17) is 4.84 Å². The van der Waals surface area contributed by atoms with Gasteiger partial charge in [0.2, 0.25) is 5.91 Å². The first-order chi connectivity index (χ1) is 20.5. The second-order valence-corrected chi connectivity index (χ2v) is 15.3. The lowest BCUT2D eigenvalue weighted by molar-refractivity contribution is -0.183. The predicted octanol–water partition coefficient (Wildman–Crippen LogP) is 3.95. The minimum absolute atomic E-state index is 0.103. The van der Waals surface area contributed by atoms with Gasteiger partial charge in [-0.25, -0.2) is 0 Å². The smallest absolute Gasteiger partial charge is 0.240 e. The summed E-state index contributed by atoms with van der Waals surface area (Å²) in [5.41, 5.74) is 2.60. The molecule has 1 aromatic carbocycles. The van der Waals surface area contributed by atoms with E-state index in [0.29, 0.717) is 41.7 Å². The number of benzene rings is 1. The molecule has 0 radical (unpaired) electrons. The molecular formula is C35H58N4O4. The van der Waals surface area contributed by atoms with Gasteiger partial charge < -0.3 is 25.7 Å². The number of likely N-dealkylation sites (tertiary alicyclic amines) is 1. The highest BCUT2D eigenvalue weighted by Gasteiger charge is 2.57. The molecule has 242 valence electrons. The molecule has 3 saturated carbocycles. The summed E-state index contributed by atoms with van der Waals surface area (Å²) in [4.78, 5) is 22.7. The van der Waals surface area contributed by atoms with Crippen molar-refractivity contribution in [3.05, 3.63) is 35.4 Å².